The molecule has 138 valence electrons. The van der Waals surface area contributed by atoms with Crippen LogP contribution in [-0.2, 0) is 9.59 Å². The molecule has 0 spiro atoms. The molecule has 1 amide bonds. The van der Waals surface area contributed by atoms with Crippen molar-refractivity contribution in [2.75, 3.05) is 5.32 Å². The summed E-state index contributed by atoms with van der Waals surface area (Å²) < 4.78 is 0. The van der Waals surface area contributed by atoms with Crippen LogP contribution in [0.15, 0.2) is 60.7 Å². The lowest BCUT2D eigenvalue weighted by Gasteiger charge is -2.28. The minimum Gasteiger partial charge on any atom is -0.550 e. The molecule has 1 N–H and O–H groups in total. The summed E-state index contributed by atoms with van der Waals surface area (Å²) in [6.45, 7) is 0. The number of anilines is 1. The summed E-state index contributed by atoms with van der Waals surface area (Å²) in [4.78, 5) is 36.9. The highest BCUT2D eigenvalue weighted by atomic mass is 35.5. The number of allylic oxidation sites excluding steroid dienone is 2. The smallest absolute Gasteiger partial charge is 0.228 e. The topological polar surface area (TPSA) is 86.3 Å². The van der Waals surface area contributed by atoms with E-state index >= 15 is 0 Å². The van der Waals surface area contributed by atoms with Crippen LogP contribution in [-0.4, -0.2) is 17.7 Å². The monoisotopic (exact) mass is 382 g/mol. The summed E-state index contributed by atoms with van der Waals surface area (Å²) in [5, 5.41) is 14.4. The van der Waals surface area contributed by atoms with E-state index in [0.29, 0.717) is 22.7 Å². The predicted octanol–water partition coefficient (Wildman–Crippen LogP) is 2.84. The van der Waals surface area contributed by atoms with E-state index in [-0.39, 0.29) is 17.8 Å². The Morgan fingerprint density at radius 2 is 1.63 bits per heavy atom. The second kappa shape index (κ2) is 8.18. The molecule has 2 aromatic rings. The van der Waals surface area contributed by atoms with Crippen LogP contribution < -0.4 is 10.4 Å². The van der Waals surface area contributed by atoms with Crippen molar-refractivity contribution in [3.05, 3.63) is 76.8 Å². The van der Waals surface area contributed by atoms with Gasteiger partial charge in [0.2, 0.25) is 5.91 Å². The van der Waals surface area contributed by atoms with E-state index in [4.69, 9.17) is 11.6 Å². The first-order chi connectivity index (χ1) is 13.0. The van der Waals surface area contributed by atoms with Gasteiger partial charge in [0.1, 0.15) is 0 Å². The Kier molecular flexibility index (Phi) is 5.72. The minimum atomic E-state index is -1.25. The van der Waals surface area contributed by atoms with Gasteiger partial charge in [0.25, 0.3) is 0 Å². The van der Waals surface area contributed by atoms with E-state index in [1.807, 2.05) is 0 Å². The summed E-state index contributed by atoms with van der Waals surface area (Å²) in [6.07, 6.45) is 4.06. The average molecular weight is 383 g/mol. The van der Waals surface area contributed by atoms with Crippen molar-refractivity contribution >= 4 is 34.9 Å². The first-order valence-electron chi connectivity index (χ1n) is 8.53. The standard InChI is InChI=1S/C21H18ClNO4/c22-14-10-11-18(17(12-14)19(24)13-6-2-1-3-7-13)23-20(25)15-8-4-5-9-16(15)21(26)27/h1-7,10-12,15-16H,8-9H2,(H,23,25)(H,26,27)/p-1/t15-,16+/m1/s1. The Balaban J connectivity index is 1.89. The highest BCUT2D eigenvalue weighted by Crippen LogP contribution is 2.29. The van der Waals surface area contributed by atoms with Gasteiger partial charge in [0, 0.05) is 28.0 Å². The number of aliphatic carboxylic acids is 1. The van der Waals surface area contributed by atoms with Crippen molar-refractivity contribution in [1.82, 2.24) is 0 Å². The van der Waals surface area contributed by atoms with Crippen molar-refractivity contribution in [3.8, 4) is 0 Å². The number of rotatable bonds is 5. The molecule has 0 fully saturated rings. The Morgan fingerprint density at radius 3 is 2.30 bits per heavy atom. The maximum absolute atomic E-state index is 12.8. The van der Waals surface area contributed by atoms with E-state index in [9.17, 15) is 19.5 Å². The maximum atomic E-state index is 12.8. The van der Waals surface area contributed by atoms with Gasteiger partial charge in [-0.2, -0.15) is 0 Å². The Morgan fingerprint density at radius 1 is 0.963 bits per heavy atom. The molecule has 3 rings (SSSR count). The molecule has 2 aromatic carbocycles. The Bertz CT molecular complexity index is 908. The number of carbonyl (C=O) groups is 3. The SMILES string of the molecule is O=C(c1ccccc1)c1cc(Cl)ccc1NC(=O)[C@@H]1CC=CC[C@@H]1C(=O)[O-]. The molecule has 0 aromatic heterocycles. The van der Waals surface area contributed by atoms with Crippen molar-refractivity contribution in [2.24, 2.45) is 11.8 Å². The van der Waals surface area contributed by atoms with Crippen molar-refractivity contribution in [3.63, 3.8) is 0 Å². The van der Waals surface area contributed by atoms with Crippen LogP contribution in [0.25, 0.3) is 0 Å². The van der Waals surface area contributed by atoms with Gasteiger partial charge >= 0.3 is 0 Å². The van der Waals surface area contributed by atoms with Crippen LogP contribution >= 0.6 is 11.6 Å². The largest absolute Gasteiger partial charge is 0.550 e. The maximum Gasteiger partial charge on any atom is 0.228 e. The van der Waals surface area contributed by atoms with Crippen LogP contribution in [0.3, 0.4) is 0 Å². The molecule has 1 aliphatic carbocycles. The highest BCUT2D eigenvalue weighted by molar-refractivity contribution is 6.31. The first kappa shape index (κ1) is 18.9. The molecule has 6 heteroatoms. The van der Waals surface area contributed by atoms with E-state index in [0.717, 1.165) is 0 Å². The van der Waals surface area contributed by atoms with Crippen LogP contribution in [0.5, 0.6) is 0 Å². The fourth-order valence-corrected chi connectivity index (χ4v) is 3.32. The second-order valence-electron chi connectivity index (χ2n) is 6.35. The number of carboxylic acids is 1. The summed E-state index contributed by atoms with van der Waals surface area (Å²) in [5.74, 6) is -3.64. The highest BCUT2D eigenvalue weighted by Gasteiger charge is 2.30. The number of carboxylic acid groups (broad SMARTS) is 1. The number of ketones is 1. The van der Waals surface area contributed by atoms with E-state index in [1.165, 1.54) is 6.07 Å². The first-order valence-corrected chi connectivity index (χ1v) is 8.91. The lowest BCUT2D eigenvalue weighted by atomic mass is 9.82. The van der Waals surface area contributed by atoms with Crippen molar-refractivity contribution in [1.29, 1.82) is 0 Å². The fraction of sp³-hybridized carbons (Fsp3) is 0.190. The number of hydrogen-bond acceptors (Lipinski definition) is 4. The summed E-state index contributed by atoms with van der Waals surface area (Å²) in [5.41, 5.74) is 1.01. The predicted molar refractivity (Wildman–Crippen MR) is 100 cm³/mol. The van der Waals surface area contributed by atoms with Crippen LogP contribution in [0.2, 0.25) is 5.02 Å². The second-order valence-corrected chi connectivity index (χ2v) is 6.79. The molecular weight excluding hydrogens is 366 g/mol. The third-order valence-electron chi connectivity index (χ3n) is 4.59. The number of hydrogen-bond donors (Lipinski definition) is 1. The summed E-state index contributed by atoms with van der Waals surface area (Å²) in [7, 11) is 0. The summed E-state index contributed by atoms with van der Waals surface area (Å²) >= 11 is 6.04. The number of nitrogens with one attached hydrogen (secondary N) is 1. The van der Waals surface area contributed by atoms with Crippen LogP contribution in [0, 0.1) is 11.8 Å². The molecule has 0 aliphatic heterocycles. The van der Waals surface area contributed by atoms with Gasteiger partial charge in [-0.25, -0.2) is 0 Å². The summed E-state index contributed by atoms with van der Waals surface area (Å²) in [6, 6.07) is 13.2. The lowest BCUT2D eigenvalue weighted by Crippen LogP contribution is -2.41. The van der Waals surface area contributed by atoms with Crippen molar-refractivity contribution in [2.45, 2.75) is 12.8 Å². The number of amides is 1. The number of benzene rings is 2. The normalized spacial score (nSPS) is 18.7. The fourth-order valence-electron chi connectivity index (χ4n) is 3.15. The molecule has 0 radical (unpaired) electrons. The van der Waals surface area contributed by atoms with Gasteiger partial charge in [-0.1, -0.05) is 54.1 Å². The molecule has 0 unspecified atom stereocenters. The lowest BCUT2D eigenvalue weighted by molar-refractivity contribution is -0.313. The number of halogens is 1. The molecule has 0 saturated heterocycles. The zero-order valence-corrected chi connectivity index (χ0v) is 15.1. The van der Waals surface area contributed by atoms with Gasteiger partial charge in [-0.3, -0.25) is 9.59 Å². The Labute approximate surface area is 161 Å². The van der Waals surface area contributed by atoms with Crippen LogP contribution in [0.1, 0.15) is 28.8 Å². The Hall–Kier alpha value is -2.92. The average Bonchev–Trinajstić information content (AvgIpc) is 2.69. The van der Waals surface area contributed by atoms with E-state index < -0.39 is 23.7 Å². The van der Waals surface area contributed by atoms with Gasteiger partial charge < -0.3 is 15.2 Å². The quantitative estimate of drug-likeness (QED) is 0.636. The number of carbonyl (C=O) groups excluding carboxylic acids is 3. The van der Waals surface area contributed by atoms with E-state index in [2.05, 4.69) is 5.32 Å². The molecule has 0 bridgehead atoms. The third kappa shape index (κ3) is 4.26. The van der Waals surface area contributed by atoms with Gasteiger partial charge in [0.05, 0.1) is 11.6 Å². The minimum absolute atomic E-state index is 0.247. The molecule has 5 nitrogen and oxygen atoms in total. The van der Waals surface area contributed by atoms with Gasteiger partial charge in [-0.05, 0) is 31.0 Å². The van der Waals surface area contributed by atoms with Crippen molar-refractivity contribution < 1.29 is 19.5 Å². The zero-order valence-electron chi connectivity index (χ0n) is 14.4. The molecule has 27 heavy (non-hydrogen) atoms. The third-order valence-corrected chi connectivity index (χ3v) is 4.83. The molecule has 0 saturated carbocycles. The van der Waals surface area contributed by atoms with Gasteiger partial charge in [0.15, 0.2) is 5.78 Å². The molecule has 0 heterocycles. The molecule has 1 aliphatic rings. The zero-order chi connectivity index (χ0) is 19.4. The molecular formula is C21H17ClNO4-. The van der Waals surface area contributed by atoms with E-state index in [1.54, 1.807) is 54.6 Å². The van der Waals surface area contributed by atoms with Crippen LogP contribution in [0.4, 0.5) is 5.69 Å². The van der Waals surface area contributed by atoms with Gasteiger partial charge in [-0.15, -0.1) is 0 Å². The molecule has 2 atom stereocenters.